The molecule has 6 rings (SSSR count). The topological polar surface area (TPSA) is 280 Å². The summed E-state index contributed by atoms with van der Waals surface area (Å²) in [6.07, 6.45) is 0. The van der Waals surface area contributed by atoms with Crippen LogP contribution in [0.15, 0.2) is 84.9 Å². The first-order valence-corrected chi connectivity index (χ1v) is 14.6. The number of pyridine rings is 2. The number of carbonyl (C=O) groups is 4. The molecule has 0 aliphatic carbocycles. The van der Waals surface area contributed by atoms with Crippen LogP contribution >= 0.6 is 0 Å². The molecule has 2 heterocycles. The van der Waals surface area contributed by atoms with Crippen LogP contribution in [0, 0.1) is 0 Å². The number of carboxylic acids is 2. The van der Waals surface area contributed by atoms with Crippen LogP contribution in [-0.4, -0.2) is 74.6 Å². The van der Waals surface area contributed by atoms with Gasteiger partial charge in [0.15, 0.2) is 34.5 Å². The number of benzene rings is 4. The summed E-state index contributed by atoms with van der Waals surface area (Å²) < 4.78 is 0. The number of aromatic hydroxyl groups is 6. The summed E-state index contributed by atoms with van der Waals surface area (Å²) in [6, 6.07) is 19.5. The predicted octanol–water partition coefficient (Wildman–Crippen LogP) is 4.28. The Morgan fingerprint density at radius 3 is 1.61 bits per heavy atom. The molecule has 16 heteroatoms. The number of aromatic nitrogens is 2. The largest absolute Gasteiger partial charge is 0.505 e. The first-order valence-electron chi connectivity index (χ1n) is 14.6. The summed E-state index contributed by atoms with van der Waals surface area (Å²) in [4.78, 5) is 54.8. The van der Waals surface area contributed by atoms with Crippen molar-refractivity contribution < 1.29 is 60.0 Å². The van der Waals surface area contributed by atoms with Crippen LogP contribution in [0.4, 0.5) is 5.69 Å². The van der Waals surface area contributed by atoms with E-state index in [9.17, 15) is 49.8 Å². The number of nitrogens with one attached hydrogen (secondary N) is 2. The van der Waals surface area contributed by atoms with Gasteiger partial charge in [0.25, 0.3) is 11.8 Å². The van der Waals surface area contributed by atoms with Gasteiger partial charge in [0, 0.05) is 34.6 Å². The van der Waals surface area contributed by atoms with E-state index in [4.69, 9.17) is 10.2 Å². The molecule has 0 saturated heterocycles. The molecule has 0 unspecified atom stereocenters. The van der Waals surface area contributed by atoms with E-state index in [1.165, 1.54) is 78.9 Å². The number of rotatable bonds is 7. The summed E-state index contributed by atoms with van der Waals surface area (Å²) in [6.45, 7) is -0.0556. The van der Waals surface area contributed by atoms with E-state index in [1.54, 1.807) is 0 Å². The minimum atomic E-state index is -1.31. The number of phenols is 6. The molecule has 51 heavy (non-hydrogen) atoms. The first-order chi connectivity index (χ1) is 24.2. The number of carboxylic acid groups (broad SMARTS) is 2. The zero-order valence-electron chi connectivity index (χ0n) is 25.9. The fourth-order valence-electron chi connectivity index (χ4n) is 4.73. The summed E-state index contributed by atoms with van der Waals surface area (Å²) in [5.41, 5.74) is -0.194. The van der Waals surface area contributed by atoms with Gasteiger partial charge >= 0.3 is 11.9 Å². The molecule has 6 aromatic rings. The Morgan fingerprint density at radius 2 is 1.08 bits per heavy atom. The van der Waals surface area contributed by atoms with Crippen molar-refractivity contribution in [3.63, 3.8) is 0 Å². The van der Waals surface area contributed by atoms with Crippen molar-refractivity contribution in [2.75, 3.05) is 5.32 Å². The van der Waals surface area contributed by atoms with Gasteiger partial charge in [-0.2, -0.15) is 0 Å². The Kier molecular flexibility index (Phi) is 9.69. The van der Waals surface area contributed by atoms with Gasteiger partial charge in [0.1, 0.15) is 33.5 Å². The fraction of sp³-hybridized carbons (Fsp3) is 0.0286. The molecule has 0 radical (unpaired) electrons. The second-order valence-corrected chi connectivity index (χ2v) is 10.7. The van der Waals surface area contributed by atoms with E-state index in [0.29, 0.717) is 16.3 Å². The molecular formula is C35H26N4O12. The maximum atomic E-state index is 12.3. The third-order valence-corrected chi connectivity index (χ3v) is 7.37. The number of phenolic OH excluding ortho intramolecular Hbond substituents is 4. The zero-order valence-corrected chi connectivity index (χ0v) is 25.9. The molecular weight excluding hydrogens is 668 g/mol. The molecule has 0 atom stereocenters. The highest BCUT2D eigenvalue weighted by atomic mass is 16.4. The zero-order chi connectivity index (χ0) is 37.0. The number of fused-ring (bicyclic) bond motifs is 2. The molecule has 0 saturated carbocycles. The summed E-state index contributed by atoms with van der Waals surface area (Å²) in [5.74, 6) is -6.23. The smallest absolute Gasteiger partial charge is 0.339 e. The van der Waals surface area contributed by atoms with Crippen molar-refractivity contribution >= 4 is 51.2 Å². The van der Waals surface area contributed by atoms with Crippen LogP contribution in [0.2, 0.25) is 0 Å². The number of nitrogens with zero attached hydrogens (tertiary/aromatic N) is 2. The number of hydrogen-bond acceptors (Lipinski definition) is 12. The van der Waals surface area contributed by atoms with Gasteiger partial charge in [-0.3, -0.25) is 9.59 Å². The van der Waals surface area contributed by atoms with E-state index in [-0.39, 0.29) is 63.0 Å². The Balaban J connectivity index is 0.000000198. The van der Waals surface area contributed by atoms with Crippen LogP contribution in [0.1, 0.15) is 47.3 Å². The average molecular weight is 695 g/mol. The van der Waals surface area contributed by atoms with Crippen LogP contribution in [0.3, 0.4) is 0 Å². The number of anilines is 1. The molecule has 0 spiro atoms. The van der Waals surface area contributed by atoms with E-state index in [0.717, 1.165) is 6.07 Å². The highest BCUT2D eigenvalue weighted by Gasteiger charge is 2.18. The molecule has 0 bridgehead atoms. The van der Waals surface area contributed by atoms with Gasteiger partial charge in [0.05, 0.1) is 0 Å². The van der Waals surface area contributed by atoms with Crippen LogP contribution < -0.4 is 10.6 Å². The average Bonchev–Trinajstić information content (AvgIpc) is 3.10. The summed E-state index contributed by atoms with van der Waals surface area (Å²) in [7, 11) is 0. The number of aromatic carboxylic acids is 2. The molecule has 16 nitrogen and oxygen atoms in total. The highest BCUT2D eigenvalue weighted by Crippen LogP contribution is 2.31. The minimum Gasteiger partial charge on any atom is -0.505 e. The summed E-state index contributed by atoms with van der Waals surface area (Å²) in [5, 5.41) is 82.1. The monoisotopic (exact) mass is 694 g/mol. The molecule has 0 aliphatic heterocycles. The molecule has 2 amide bonds. The van der Waals surface area contributed by atoms with Crippen molar-refractivity contribution in [1.82, 2.24) is 15.3 Å². The maximum Gasteiger partial charge on any atom is 0.339 e. The van der Waals surface area contributed by atoms with Crippen LogP contribution in [0.25, 0.3) is 21.8 Å². The Labute approximate surface area is 285 Å². The van der Waals surface area contributed by atoms with Crippen molar-refractivity contribution in [3.05, 3.63) is 113 Å². The Bertz CT molecular complexity index is 2380. The number of para-hydroxylation sites is 1. The van der Waals surface area contributed by atoms with Crippen molar-refractivity contribution in [1.29, 1.82) is 0 Å². The van der Waals surface area contributed by atoms with Gasteiger partial charge in [-0.1, -0.05) is 36.4 Å². The Morgan fingerprint density at radius 1 is 0.549 bits per heavy atom. The van der Waals surface area contributed by atoms with Crippen molar-refractivity contribution in [2.45, 2.75) is 6.54 Å². The van der Waals surface area contributed by atoms with Crippen LogP contribution in [-0.2, 0) is 6.54 Å². The van der Waals surface area contributed by atoms with Gasteiger partial charge in [-0.25, -0.2) is 19.6 Å². The van der Waals surface area contributed by atoms with E-state index < -0.39 is 41.0 Å². The molecule has 0 fully saturated rings. The summed E-state index contributed by atoms with van der Waals surface area (Å²) >= 11 is 0. The highest BCUT2D eigenvalue weighted by molar-refractivity contribution is 6.06. The second-order valence-electron chi connectivity index (χ2n) is 10.7. The van der Waals surface area contributed by atoms with E-state index >= 15 is 0 Å². The van der Waals surface area contributed by atoms with Crippen molar-refractivity contribution in [2.24, 2.45) is 0 Å². The predicted molar refractivity (Wildman–Crippen MR) is 179 cm³/mol. The van der Waals surface area contributed by atoms with E-state index in [2.05, 4.69) is 20.6 Å². The lowest BCUT2D eigenvalue weighted by Gasteiger charge is -2.09. The lowest BCUT2D eigenvalue weighted by molar-refractivity contribution is 0.0682. The lowest BCUT2D eigenvalue weighted by Crippen LogP contribution is -2.23. The fourth-order valence-corrected chi connectivity index (χ4v) is 4.73. The molecule has 258 valence electrons. The number of carbonyl (C=O) groups excluding carboxylic acids is 2. The third kappa shape index (κ3) is 7.44. The van der Waals surface area contributed by atoms with Gasteiger partial charge in [-0.05, 0) is 42.5 Å². The van der Waals surface area contributed by atoms with Crippen molar-refractivity contribution in [3.8, 4) is 34.5 Å². The Hall–Kier alpha value is -7.62. The quantitative estimate of drug-likeness (QED) is 0.0825. The maximum absolute atomic E-state index is 12.3. The lowest BCUT2D eigenvalue weighted by atomic mass is 10.1. The first kappa shape index (κ1) is 34.7. The SMILES string of the molecule is O=C(NCc1cccc(O)c1O)c1ccc2ccc(C(=O)O)c(O)c2n1.O=C(Nc1ccc(O)c(O)c1)c1ccc2ccc(C(=O)O)c(O)c2n1. The molecule has 2 aromatic heterocycles. The number of amides is 2. The third-order valence-electron chi connectivity index (χ3n) is 7.37. The molecule has 0 aliphatic rings. The minimum absolute atomic E-state index is 0.00208. The van der Waals surface area contributed by atoms with E-state index in [1.807, 2.05) is 0 Å². The number of hydrogen-bond donors (Lipinski definition) is 10. The van der Waals surface area contributed by atoms with Gasteiger partial charge in [0.2, 0.25) is 0 Å². The standard InChI is InChI=1S/C18H14N2O6.C17H12N2O6/c21-13-3-1-2-10(15(13)22)8-19-17(24)12-7-5-9-4-6-11(18(25)26)16(23)14(9)20-12;20-12-6-3-9(7-13(12)21)18-16(23)11-5-2-8-1-4-10(17(24)25)15(22)14(8)19-11/h1-7,21-23H,8H2,(H,19,24)(H,25,26);1-7,20-22H,(H,18,23)(H,24,25). The second kappa shape index (κ2) is 14.2. The van der Waals surface area contributed by atoms with Gasteiger partial charge < -0.3 is 51.5 Å². The van der Waals surface area contributed by atoms with Gasteiger partial charge in [-0.15, -0.1) is 0 Å². The normalized spacial score (nSPS) is 10.6. The molecule has 10 N–H and O–H groups in total. The van der Waals surface area contributed by atoms with Crippen LogP contribution in [0.5, 0.6) is 34.5 Å². The molecule has 4 aromatic carbocycles.